The van der Waals surface area contributed by atoms with Crippen molar-refractivity contribution < 1.29 is 4.39 Å². The molecule has 0 unspecified atom stereocenters. The molecule has 0 radical (unpaired) electrons. The lowest BCUT2D eigenvalue weighted by Crippen LogP contribution is -2.33. The fraction of sp³-hybridized carbons (Fsp3) is 0.118. The molecule has 118 valence electrons. The van der Waals surface area contributed by atoms with Crippen molar-refractivity contribution in [1.29, 1.82) is 0 Å². The van der Waals surface area contributed by atoms with E-state index in [0.717, 1.165) is 18.8 Å². The van der Waals surface area contributed by atoms with Crippen LogP contribution in [0.5, 0.6) is 0 Å². The average molecular weight is 363 g/mol. The highest BCUT2D eigenvalue weighted by atomic mass is 32.1. The second kappa shape index (κ2) is 7.68. The van der Waals surface area contributed by atoms with E-state index in [9.17, 15) is 4.39 Å². The first-order valence-corrected chi connectivity index (χ1v) is 9.24. The van der Waals surface area contributed by atoms with E-state index in [4.69, 9.17) is 12.2 Å². The number of nitrogens with zero attached hydrogens (tertiary/aromatic N) is 1. The number of anilines is 1. The van der Waals surface area contributed by atoms with Crippen LogP contribution in [-0.4, -0.2) is 10.0 Å². The monoisotopic (exact) mass is 362 g/mol. The first-order valence-electron chi connectivity index (χ1n) is 7.07. The topological polar surface area (TPSA) is 15.3 Å². The van der Waals surface area contributed by atoms with Crippen molar-refractivity contribution in [3.8, 4) is 0 Å². The Morgan fingerprint density at radius 1 is 0.957 bits per heavy atom. The van der Waals surface area contributed by atoms with Crippen LogP contribution in [0.4, 0.5) is 10.1 Å². The van der Waals surface area contributed by atoms with Crippen molar-refractivity contribution in [2.45, 2.75) is 13.1 Å². The van der Waals surface area contributed by atoms with Crippen LogP contribution in [0.3, 0.4) is 0 Å². The third-order valence-electron chi connectivity index (χ3n) is 3.24. The largest absolute Gasteiger partial charge is 0.339 e. The standard InChI is InChI=1S/C17H15FN2S3/c18-13-5-7-14(8-6-13)19-17(21)20(11-15-3-1-9-22-15)12-16-4-2-10-23-16/h1-10H,11-12H2,(H,19,21). The number of thiophene rings is 2. The Morgan fingerprint density at radius 2 is 1.52 bits per heavy atom. The van der Waals surface area contributed by atoms with Crippen molar-refractivity contribution in [1.82, 2.24) is 4.90 Å². The Kier molecular flexibility index (Phi) is 5.38. The molecule has 0 saturated carbocycles. The molecular weight excluding hydrogens is 347 g/mol. The van der Waals surface area contributed by atoms with Gasteiger partial charge >= 0.3 is 0 Å². The van der Waals surface area contributed by atoms with Crippen LogP contribution >= 0.6 is 34.9 Å². The molecular formula is C17H15FN2S3. The molecule has 0 aliphatic rings. The Hall–Kier alpha value is -1.76. The molecule has 0 aliphatic carbocycles. The van der Waals surface area contributed by atoms with Gasteiger partial charge in [0.1, 0.15) is 5.82 Å². The van der Waals surface area contributed by atoms with Gasteiger partial charge < -0.3 is 10.2 Å². The van der Waals surface area contributed by atoms with E-state index < -0.39 is 0 Å². The summed E-state index contributed by atoms with van der Waals surface area (Å²) in [6.07, 6.45) is 0. The van der Waals surface area contributed by atoms with Gasteiger partial charge in [-0.15, -0.1) is 22.7 Å². The third kappa shape index (κ3) is 4.60. The number of thiocarbonyl (C=S) groups is 1. The van der Waals surface area contributed by atoms with Gasteiger partial charge in [-0.3, -0.25) is 0 Å². The van der Waals surface area contributed by atoms with Crippen molar-refractivity contribution in [3.63, 3.8) is 0 Å². The lowest BCUT2D eigenvalue weighted by molar-refractivity contribution is 0.420. The van der Waals surface area contributed by atoms with Crippen molar-refractivity contribution >= 4 is 45.7 Å². The van der Waals surface area contributed by atoms with Crippen LogP contribution in [0.2, 0.25) is 0 Å². The Balaban J connectivity index is 1.73. The fourth-order valence-corrected chi connectivity index (χ4v) is 3.80. The Morgan fingerprint density at radius 3 is 2.00 bits per heavy atom. The average Bonchev–Trinajstić information content (AvgIpc) is 3.22. The minimum Gasteiger partial charge on any atom is -0.339 e. The van der Waals surface area contributed by atoms with Gasteiger partial charge in [0.2, 0.25) is 0 Å². The van der Waals surface area contributed by atoms with Crippen LogP contribution in [0.1, 0.15) is 9.75 Å². The first kappa shape index (κ1) is 16.1. The van der Waals surface area contributed by atoms with Crippen LogP contribution in [0, 0.1) is 5.82 Å². The van der Waals surface area contributed by atoms with Crippen LogP contribution in [-0.2, 0) is 13.1 Å². The lowest BCUT2D eigenvalue weighted by atomic mass is 10.3. The number of nitrogens with one attached hydrogen (secondary N) is 1. The molecule has 23 heavy (non-hydrogen) atoms. The number of hydrogen-bond donors (Lipinski definition) is 1. The SMILES string of the molecule is Fc1ccc(NC(=S)N(Cc2cccs2)Cc2cccs2)cc1. The van der Waals surface area contributed by atoms with Crippen LogP contribution in [0.25, 0.3) is 0 Å². The summed E-state index contributed by atoms with van der Waals surface area (Å²) in [7, 11) is 0. The molecule has 2 heterocycles. The second-order valence-corrected chi connectivity index (χ2v) is 7.40. The Labute approximate surface area is 148 Å². The smallest absolute Gasteiger partial charge is 0.174 e. The van der Waals surface area contributed by atoms with Crippen LogP contribution in [0.15, 0.2) is 59.3 Å². The Bertz CT molecular complexity index is 701. The summed E-state index contributed by atoms with van der Waals surface area (Å²) in [5, 5.41) is 7.96. The van der Waals surface area contributed by atoms with E-state index >= 15 is 0 Å². The molecule has 2 aromatic heterocycles. The zero-order valence-corrected chi connectivity index (χ0v) is 14.7. The first-order chi connectivity index (χ1) is 11.2. The zero-order chi connectivity index (χ0) is 16.1. The van der Waals surface area contributed by atoms with E-state index in [0.29, 0.717) is 5.11 Å². The van der Waals surface area contributed by atoms with Gasteiger partial charge in [-0.25, -0.2) is 4.39 Å². The molecule has 0 aliphatic heterocycles. The fourth-order valence-electron chi connectivity index (χ4n) is 2.12. The second-order valence-electron chi connectivity index (χ2n) is 4.95. The van der Waals surface area contributed by atoms with E-state index in [-0.39, 0.29) is 5.82 Å². The van der Waals surface area contributed by atoms with Crippen molar-refractivity contribution in [3.05, 3.63) is 74.9 Å². The maximum Gasteiger partial charge on any atom is 0.174 e. The molecule has 0 fully saturated rings. The molecule has 0 atom stereocenters. The summed E-state index contributed by atoms with van der Waals surface area (Å²) in [5.74, 6) is -0.254. The molecule has 1 N–H and O–H groups in total. The summed E-state index contributed by atoms with van der Waals surface area (Å²) in [4.78, 5) is 4.63. The molecule has 1 aromatic carbocycles. The molecule has 0 spiro atoms. The number of rotatable bonds is 5. The molecule has 0 amide bonds. The van der Waals surface area contributed by atoms with Gasteiger partial charge in [0.25, 0.3) is 0 Å². The zero-order valence-electron chi connectivity index (χ0n) is 12.2. The maximum absolute atomic E-state index is 13.0. The highest BCUT2D eigenvalue weighted by molar-refractivity contribution is 7.80. The normalized spacial score (nSPS) is 10.5. The van der Waals surface area contributed by atoms with E-state index in [1.807, 2.05) is 12.1 Å². The molecule has 0 bridgehead atoms. The van der Waals surface area contributed by atoms with E-state index in [1.165, 1.54) is 21.9 Å². The maximum atomic E-state index is 13.0. The highest BCUT2D eigenvalue weighted by Crippen LogP contribution is 2.19. The van der Waals surface area contributed by atoms with Gasteiger partial charge in [-0.2, -0.15) is 0 Å². The summed E-state index contributed by atoms with van der Waals surface area (Å²) >= 11 is 9.00. The van der Waals surface area contributed by atoms with Gasteiger partial charge in [-0.05, 0) is 59.4 Å². The van der Waals surface area contributed by atoms with Gasteiger partial charge in [0, 0.05) is 15.4 Å². The summed E-state index contributed by atoms with van der Waals surface area (Å²) in [6.45, 7) is 1.51. The minimum atomic E-state index is -0.254. The quantitative estimate of drug-likeness (QED) is 0.616. The summed E-state index contributed by atoms with van der Waals surface area (Å²) in [6, 6.07) is 14.5. The minimum absolute atomic E-state index is 0.254. The number of benzene rings is 1. The molecule has 6 heteroatoms. The summed E-state index contributed by atoms with van der Waals surface area (Å²) < 4.78 is 13.0. The molecule has 0 saturated heterocycles. The summed E-state index contributed by atoms with van der Waals surface area (Å²) in [5.41, 5.74) is 0.791. The van der Waals surface area contributed by atoms with E-state index in [2.05, 4.69) is 33.1 Å². The van der Waals surface area contributed by atoms with Crippen LogP contribution < -0.4 is 5.32 Å². The van der Waals surface area contributed by atoms with Gasteiger partial charge in [0.15, 0.2) is 5.11 Å². The number of halogens is 1. The van der Waals surface area contributed by atoms with Crippen molar-refractivity contribution in [2.24, 2.45) is 0 Å². The predicted molar refractivity (Wildman–Crippen MR) is 101 cm³/mol. The van der Waals surface area contributed by atoms with E-state index in [1.54, 1.807) is 34.8 Å². The molecule has 3 rings (SSSR count). The predicted octanol–water partition coefficient (Wildman–Crippen LogP) is 5.35. The third-order valence-corrected chi connectivity index (χ3v) is 5.32. The van der Waals surface area contributed by atoms with Gasteiger partial charge in [0.05, 0.1) is 13.1 Å². The highest BCUT2D eigenvalue weighted by Gasteiger charge is 2.13. The van der Waals surface area contributed by atoms with Gasteiger partial charge in [-0.1, -0.05) is 12.1 Å². The van der Waals surface area contributed by atoms with Crippen molar-refractivity contribution in [2.75, 3.05) is 5.32 Å². The number of hydrogen-bond acceptors (Lipinski definition) is 3. The lowest BCUT2D eigenvalue weighted by Gasteiger charge is -2.25. The molecule has 2 nitrogen and oxygen atoms in total. The molecule has 3 aromatic rings.